The van der Waals surface area contributed by atoms with Gasteiger partial charge in [0.05, 0.1) is 0 Å². The fourth-order valence-electron chi connectivity index (χ4n) is 1.79. The number of hydrogen-bond donors (Lipinski definition) is 2. The molecule has 5 nitrogen and oxygen atoms in total. The van der Waals surface area contributed by atoms with Crippen LogP contribution < -0.4 is 5.32 Å². The molecule has 0 spiro atoms. The highest BCUT2D eigenvalue weighted by atomic mass is 16.4. The Morgan fingerprint density at radius 2 is 2.05 bits per heavy atom. The summed E-state index contributed by atoms with van der Waals surface area (Å²) in [5, 5.41) is 11.9. The number of aromatic carboxylic acids is 1. The first kappa shape index (κ1) is 13.0. The average molecular weight is 257 g/mol. The molecule has 1 aromatic heterocycles. The van der Waals surface area contributed by atoms with Crippen molar-refractivity contribution in [2.75, 3.05) is 12.4 Å². The summed E-state index contributed by atoms with van der Waals surface area (Å²) in [5.41, 5.74) is 2.23. The van der Waals surface area contributed by atoms with E-state index in [4.69, 9.17) is 5.11 Å². The molecule has 2 N–H and O–H groups in total. The number of carboxylic acid groups (broad SMARTS) is 1. The maximum Gasteiger partial charge on any atom is 0.354 e. The molecule has 0 unspecified atom stereocenters. The summed E-state index contributed by atoms with van der Waals surface area (Å²) >= 11 is 0. The maximum absolute atomic E-state index is 11.0. The number of nitrogens with one attached hydrogen (secondary N) is 1. The van der Waals surface area contributed by atoms with Crippen LogP contribution >= 0.6 is 0 Å². The van der Waals surface area contributed by atoms with Gasteiger partial charge in [0.2, 0.25) is 0 Å². The first-order chi connectivity index (χ1) is 9.10. The van der Waals surface area contributed by atoms with Gasteiger partial charge in [-0.15, -0.1) is 0 Å². The quantitative estimate of drug-likeness (QED) is 0.877. The number of anilines is 1. The molecule has 2 aromatic rings. The molecule has 0 saturated carbocycles. The molecule has 0 atom stereocenters. The van der Waals surface area contributed by atoms with Crippen molar-refractivity contribution in [3.8, 4) is 0 Å². The number of benzene rings is 1. The van der Waals surface area contributed by atoms with Crippen LogP contribution in [0.2, 0.25) is 0 Å². The number of aryl methyl sites for hydroxylation is 1. The molecule has 98 valence electrons. The lowest BCUT2D eigenvalue weighted by molar-refractivity contribution is 0.0690. The number of hydrogen-bond acceptors (Lipinski definition) is 4. The predicted molar refractivity (Wildman–Crippen MR) is 72.5 cm³/mol. The van der Waals surface area contributed by atoms with Gasteiger partial charge in [0.1, 0.15) is 11.6 Å². The first-order valence-electron chi connectivity index (χ1n) is 5.93. The predicted octanol–water partition coefficient (Wildman–Crippen LogP) is 2.12. The van der Waals surface area contributed by atoms with Gasteiger partial charge >= 0.3 is 5.97 Å². The summed E-state index contributed by atoms with van der Waals surface area (Å²) in [6, 6.07) is 9.33. The van der Waals surface area contributed by atoms with Crippen LogP contribution in [-0.4, -0.2) is 28.1 Å². The normalized spacial score (nSPS) is 10.2. The Balaban J connectivity index is 2.37. The van der Waals surface area contributed by atoms with Crippen LogP contribution in [0.1, 0.15) is 27.4 Å². The van der Waals surface area contributed by atoms with Gasteiger partial charge in [-0.25, -0.2) is 14.8 Å². The lowest BCUT2D eigenvalue weighted by Crippen LogP contribution is -2.08. The summed E-state index contributed by atoms with van der Waals surface area (Å²) in [7, 11) is 1.70. The minimum absolute atomic E-state index is 0.00272. The van der Waals surface area contributed by atoms with E-state index in [1.165, 1.54) is 6.07 Å². The summed E-state index contributed by atoms with van der Waals surface area (Å²) < 4.78 is 0. The topological polar surface area (TPSA) is 75.1 Å². The van der Waals surface area contributed by atoms with Crippen LogP contribution in [0.25, 0.3) is 0 Å². The van der Waals surface area contributed by atoms with E-state index in [2.05, 4.69) is 15.3 Å². The van der Waals surface area contributed by atoms with Crippen LogP contribution in [0.15, 0.2) is 30.3 Å². The second-order valence-corrected chi connectivity index (χ2v) is 4.21. The fourth-order valence-corrected chi connectivity index (χ4v) is 1.79. The highest BCUT2D eigenvalue weighted by Gasteiger charge is 2.10. The zero-order chi connectivity index (χ0) is 13.8. The zero-order valence-electron chi connectivity index (χ0n) is 10.8. The van der Waals surface area contributed by atoms with E-state index in [1.807, 2.05) is 31.2 Å². The fraction of sp³-hybridized carbons (Fsp3) is 0.214. The number of carboxylic acids is 1. The Bertz CT molecular complexity index is 611. The lowest BCUT2D eigenvalue weighted by Gasteiger charge is -2.07. The van der Waals surface area contributed by atoms with Crippen molar-refractivity contribution in [1.82, 2.24) is 9.97 Å². The molecule has 0 aliphatic carbocycles. The highest BCUT2D eigenvalue weighted by Crippen LogP contribution is 2.13. The summed E-state index contributed by atoms with van der Waals surface area (Å²) in [6.45, 7) is 2.01. The Morgan fingerprint density at radius 3 is 2.68 bits per heavy atom. The monoisotopic (exact) mass is 257 g/mol. The minimum Gasteiger partial charge on any atom is -0.477 e. The SMILES string of the molecule is CNc1cc(C(=O)O)nc(Cc2ccccc2C)n1. The number of aromatic nitrogens is 2. The number of rotatable bonds is 4. The molecule has 0 amide bonds. The third-order valence-corrected chi connectivity index (χ3v) is 2.86. The first-order valence-corrected chi connectivity index (χ1v) is 5.93. The van der Waals surface area contributed by atoms with Gasteiger partial charge in [-0.05, 0) is 18.1 Å². The third kappa shape index (κ3) is 3.07. The molecular weight excluding hydrogens is 242 g/mol. The van der Waals surface area contributed by atoms with Gasteiger partial charge in [0, 0.05) is 19.5 Å². The molecular formula is C14H15N3O2. The largest absolute Gasteiger partial charge is 0.477 e. The molecule has 0 saturated heterocycles. The van der Waals surface area contributed by atoms with E-state index < -0.39 is 5.97 Å². The molecule has 1 heterocycles. The van der Waals surface area contributed by atoms with Crippen LogP contribution in [0.4, 0.5) is 5.82 Å². The van der Waals surface area contributed by atoms with Crippen molar-refractivity contribution in [2.45, 2.75) is 13.3 Å². The van der Waals surface area contributed by atoms with E-state index in [1.54, 1.807) is 7.05 Å². The average Bonchev–Trinajstić information content (AvgIpc) is 2.41. The molecule has 0 bridgehead atoms. The Hall–Kier alpha value is -2.43. The van der Waals surface area contributed by atoms with E-state index >= 15 is 0 Å². The van der Waals surface area contributed by atoms with Gasteiger partial charge in [-0.2, -0.15) is 0 Å². The second kappa shape index (κ2) is 5.48. The molecule has 0 radical (unpaired) electrons. The van der Waals surface area contributed by atoms with Crippen molar-refractivity contribution in [2.24, 2.45) is 0 Å². The van der Waals surface area contributed by atoms with Gasteiger partial charge in [0.15, 0.2) is 5.69 Å². The van der Waals surface area contributed by atoms with Crippen LogP contribution in [0.3, 0.4) is 0 Å². The maximum atomic E-state index is 11.0. The highest BCUT2D eigenvalue weighted by molar-refractivity contribution is 5.86. The Kier molecular flexibility index (Phi) is 3.75. The van der Waals surface area contributed by atoms with Crippen LogP contribution in [0.5, 0.6) is 0 Å². The molecule has 0 fully saturated rings. The van der Waals surface area contributed by atoms with E-state index in [0.29, 0.717) is 18.1 Å². The summed E-state index contributed by atoms with van der Waals surface area (Å²) in [6.07, 6.45) is 0.516. The van der Waals surface area contributed by atoms with E-state index in [0.717, 1.165) is 11.1 Å². The third-order valence-electron chi connectivity index (χ3n) is 2.86. The van der Waals surface area contributed by atoms with Gasteiger partial charge in [0.25, 0.3) is 0 Å². The molecule has 19 heavy (non-hydrogen) atoms. The minimum atomic E-state index is -1.05. The molecule has 0 aliphatic heterocycles. The second-order valence-electron chi connectivity index (χ2n) is 4.21. The standard InChI is InChI=1S/C14H15N3O2/c1-9-5-3-4-6-10(9)7-13-16-11(14(18)19)8-12(15-2)17-13/h3-6,8H,7H2,1-2H3,(H,18,19)(H,15,16,17). The van der Waals surface area contributed by atoms with Gasteiger partial charge in [-0.1, -0.05) is 24.3 Å². The smallest absolute Gasteiger partial charge is 0.354 e. The number of nitrogens with zero attached hydrogens (tertiary/aromatic N) is 2. The number of carbonyl (C=O) groups is 1. The van der Waals surface area contributed by atoms with E-state index in [-0.39, 0.29) is 5.69 Å². The Labute approximate surface area is 111 Å². The summed E-state index contributed by atoms with van der Waals surface area (Å²) in [4.78, 5) is 19.4. The van der Waals surface area contributed by atoms with Crippen molar-refractivity contribution in [3.05, 3.63) is 53.0 Å². The summed E-state index contributed by atoms with van der Waals surface area (Å²) in [5.74, 6) is -0.0422. The van der Waals surface area contributed by atoms with Crippen molar-refractivity contribution in [3.63, 3.8) is 0 Å². The zero-order valence-corrected chi connectivity index (χ0v) is 10.8. The molecule has 0 aliphatic rings. The van der Waals surface area contributed by atoms with Crippen molar-refractivity contribution < 1.29 is 9.90 Å². The van der Waals surface area contributed by atoms with Crippen LogP contribution in [-0.2, 0) is 6.42 Å². The van der Waals surface area contributed by atoms with Crippen molar-refractivity contribution >= 4 is 11.8 Å². The van der Waals surface area contributed by atoms with Gasteiger partial charge in [-0.3, -0.25) is 0 Å². The Morgan fingerprint density at radius 1 is 1.32 bits per heavy atom. The molecule has 1 aromatic carbocycles. The van der Waals surface area contributed by atoms with Crippen LogP contribution in [0, 0.1) is 6.92 Å². The van der Waals surface area contributed by atoms with Gasteiger partial charge < -0.3 is 10.4 Å². The molecule has 2 rings (SSSR count). The van der Waals surface area contributed by atoms with Crippen molar-refractivity contribution in [1.29, 1.82) is 0 Å². The lowest BCUT2D eigenvalue weighted by atomic mass is 10.1. The molecule has 5 heteroatoms. The van der Waals surface area contributed by atoms with E-state index in [9.17, 15) is 4.79 Å².